The molecule has 0 aromatic heterocycles. The molecule has 2 unspecified atom stereocenters. The minimum absolute atomic E-state index is 0.0526. The van der Waals surface area contributed by atoms with E-state index in [1.807, 2.05) is 12.1 Å². The van der Waals surface area contributed by atoms with Crippen LogP contribution in [0.15, 0.2) is 18.2 Å². The molecule has 0 spiro atoms. The van der Waals surface area contributed by atoms with Gasteiger partial charge in [0.05, 0.1) is 6.10 Å². The number of aliphatic hydroxyl groups excluding tert-OH is 1. The monoisotopic (exact) mass is 570 g/mol. The van der Waals surface area contributed by atoms with E-state index in [4.69, 9.17) is 0 Å². The molecule has 0 saturated heterocycles. The molecule has 3 aliphatic carbocycles. The van der Waals surface area contributed by atoms with Gasteiger partial charge in [0.1, 0.15) is 5.75 Å². The SMILES string of the molecule is C[C@]12CC[C@@H]3c4ccc(O)cc4CC(CCCCCCCCCS(=O)CCCC(F)(F)CF)[C@H]3[C@@H]1CC[C@@H]2O. The molecule has 39 heavy (non-hydrogen) atoms. The Hall–Kier alpha value is -1.08. The van der Waals surface area contributed by atoms with Crippen LogP contribution in [0.5, 0.6) is 5.75 Å². The van der Waals surface area contributed by atoms with Gasteiger partial charge in [0, 0.05) is 28.7 Å². The molecule has 7 atom stereocenters. The summed E-state index contributed by atoms with van der Waals surface area (Å²) >= 11 is 0. The average molecular weight is 571 g/mol. The fourth-order valence-electron chi connectivity index (χ4n) is 8.25. The lowest BCUT2D eigenvalue weighted by atomic mass is 9.52. The molecule has 0 aliphatic heterocycles. The summed E-state index contributed by atoms with van der Waals surface area (Å²) in [7, 11) is -1.09. The Balaban J connectivity index is 1.17. The molecule has 0 heterocycles. The zero-order valence-electron chi connectivity index (χ0n) is 23.7. The van der Waals surface area contributed by atoms with Crippen molar-refractivity contribution in [3.05, 3.63) is 29.3 Å². The molecular weight excluding hydrogens is 521 g/mol. The molecule has 0 bridgehead atoms. The number of fused-ring (bicyclic) bond motifs is 5. The Kier molecular flexibility index (Phi) is 10.9. The van der Waals surface area contributed by atoms with Crippen LogP contribution in [-0.2, 0) is 17.2 Å². The number of unbranched alkanes of at least 4 members (excludes halogenated alkanes) is 6. The smallest absolute Gasteiger partial charge is 0.275 e. The van der Waals surface area contributed by atoms with Crippen molar-refractivity contribution in [2.75, 3.05) is 18.2 Å². The normalized spacial score (nSPS) is 30.9. The van der Waals surface area contributed by atoms with E-state index in [1.165, 1.54) is 36.8 Å². The number of alkyl halides is 3. The van der Waals surface area contributed by atoms with Gasteiger partial charge in [-0.3, -0.25) is 4.21 Å². The van der Waals surface area contributed by atoms with Gasteiger partial charge < -0.3 is 10.2 Å². The molecule has 3 nitrogen and oxygen atoms in total. The fourth-order valence-corrected chi connectivity index (χ4v) is 9.44. The van der Waals surface area contributed by atoms with E-state index >= 15 is 0 Å². The van der Waals surface area contributed by atoms with Crippen LogP contribution in [0.4, 0.5) is 13.2 Å². The molecule has 7 heteroatoms. The summed E-state index contributed by atoms with van der Waals surface area (Å²) in [6.45, 7) is 0.694. The van der Waals surface area contributed by atoms with Crippen molar-refractivity contribution in [3.8, 4) is 5.75 Å². The van der Waals surface area contributed by atoms with Gasteiger partial charge >= 0.3 is 0 Å². The number of aliphatic hydroxyl groups is 1. The maximum absolute atomic E-state index is 12.9. The Morgan fingerprint density at radius 1 is 1.00 bits per heavy atom. The third kappa shape index (κ3) is 7.61. The highest BCUT2D eigenvalue weighted by Gasteiger charge is 2.56. The Morgan fingerprint density at radius 2 is 1.69 bits per heavy atom. The number of halogens is 3. The molecule has 3 aliphatic rings. The number of aromatic hydroxyl groups is 1. The zero-order chi connectivity index (χ0) is 28.0. The second-order valence-corrected chi connectivity index (χ2v) is 14.7. The summed E-state index contributed by atoms with van der Waals surface area (Å²) in [6.07, 6.45) is 13.7. The molecule has 0 radical (unpaired) electrons. The molecule has 2 N–H and O–H groups in total. The Morgan fingerprint density at radius 3 is 2.44 bits per heavy atom. The molecule has 1 aromatic carbocycles. The van der Waals surface area contributed by atoms with Crippen molar-refractivity contribution in [2.24, 2.45) is 23.2 Å². The minimum Gasteiger partial charge on any atom is -0.508 e. The lowest BCUT2D eigenvalue weighted by Crippen LogP contribution is -2.47. The van der Waals surface area contributed by atoms with Crippen LogP contribution < -0.4 is 0 Å². The number of rotatable bonds is 15. The number of hydrogen-bond acceptors (Lipinski definition) is 3. The van der Waals surface area contributed by atoms with Crippen molar-refractivity contribution in [1.29, 1.82) is 0 Å². The molecule has 4 rings (SSSR count). The van der Waals surface area contributed by atoms with Gasteiger partial charge in [-0.05, 0) is 104 Å². The van der Waals surface area contributed by atoms with Gasteiger partial charge in [0.25, 0.3) is 5.92 Å². The van der Waals surface area contributed by atoms with Crippen LogP contribution >= 0.6 is 0 Å². The quantitative estimate of drug-likeness (QED) is 0.210. The largest absolute Gasteiger partial charge is 0.508 e. The topological polar surface area (TPSA) is 57.5 Å². The van der Waals surface area contributed by atoms with Crippen molar-refractivity contribution >= 4 is 10.8 Å². The Labute approximate surface area is 235 Å². The predicted molar refractivity (Wildman–Crippen MR) is 153 cm³/mol. The first-order valence-electron chi connectivity index (χ1n) is 15.4. The summed E-state index contributed by atoms with van der Waals surface area (Å²) in [4.78, 5) is 0. The van der Waals surface area contributed by atoms with E-state index < -0.39 is 29.8 Å². The standard InChI is InChI=1S/C32H49F3O3S/c1-31-17-15-27-26-12-11-25(36)21-24(26)20-23(30(27)28(31)13-14-29(31)37)10-7-5-3-2-4-6-8-18-39(38)19-9-16-32(34,35)22-33/h11-12,21,23,27-30,36-37H,2-10,13-20,22H2,1H3/t23?,27-,28+,29+,30-,31+,39?/m1/s1. The summed E-state index contributed by atoms with van der Waals surface area (Å²) < 4.78 is 50.0. The zero-order valence-corrected chi connectivity index (χ0v) is 24.5. The van der Waals surface area contributed by atoms with Crippen molar-refractivity contribution in [2.45, 2.75) is 121 Å². The van der Waals surface area contributed by atoms with E-state index in [-0.39, 0.29) is 23.7 Å². The molecule has 1 aromatic rings. The summed E-state index contributed by atoms with van der Waals surface area (Å²) in [5.41, 5.74) is 2.82. The first kappa shape index (κ1) is 30.9. The van der Waals surface area contributed by atoms with Gasteiger partial charge in [0.2, 0.25) is 0 Å². The van der Waals surface area contributed by atoms with Gasteiger partial charge in [0.15, 0.2) is 6.67 Å². The van der Waals surface area contributed by atoms with Crippen molar-refractivity contribution < 1.29 is 27.6 Å². The van der Waals surface area contributed by atoms with E-state index in [1.54, 1.807) is 0 Å². The van der Waals surface area contributed by atoms with Crippen molar-refractivity contribution in [1.82, 2.24) is 0 Å². The molecule has 2 fully saturated rings. The average Bonchev–Trinajstić information content (AvgIpc) is 3.21. The maximum Gasteiger partial charge on any atom is 0.275 e. The van der Waals surface area contributed by atoms with Gasteiger partial charge in [-0.2, -0.15) is 0 Å². The third-order valence-corrected chi connectivity index (χ3v) is 11.9. The summed E-state index contributed by atoms with van der Waals surface area (Å²) in [5, 5.41) is 21.0. The Bertz CT molecular complexity index is 957. The molecular formula is C32H49F3O3S. The van der Waals surface area contributed by atoms with Gasteiger partial charge in [-0.25, -0.2) is 13.2 Å². The number of benzene rings is 1. The van der Waals surface area contributed by atoms with Crippen LogP contribution in [0.1, 0.15) is 114 Å². The highest BCUT2D eigenvalue weighted by molar-refractivity contribution is 7.84. The lowest BCUT2D eigenvalue weighted by Gasteiger charge is -2.53. The van der Waals surface area contributed by atoms with Crippen LogP contribution in [0.3, 0.4) is 0 Å². The second kappa shape index (κ2) is 13.7. The van der Waals surface area contributed by atoms with Crippen molar-refractivity contribution in [3.63, 3.8) is 0 Å². The summed E-state index contributed by atoms with van der Waals surface area (Å²) in [6, 6.07) is 6.00. The fraction of sp³-hybridized carbons (Fsp3) is 0.812. The van der Waals surface area contributed by atoms with E-state index in [0.29, 0.717) is 35.2 Å². The second-order valence-electron chi connectivity index (χ2n) is 13.0. The first-order valence-corrected chi connectivity index (χ1v) is 16.9. The van der Waals surface area contributed by atoms with Crippen LogP contribution in [-0.4, -0.2) is 44.6 Å². The number of phenols is 1. The van der Waals surface area contributed by atoms with Crippen LogP contribution in [0, 0.1) is 23.2 Å². The van der Waals surface area contributed by atoms with E-state index in [0.717, 1.165) is 57.8 Å². The molecule has 222 valence electrons. The number of hydrogen-bond donors (Lipinski definition) is 2. The van der Waals surface area contributed by atoms with Gasteiger partial charge in [-0.1, -0.05) is 51.5 Å². The van der Waals surface area contributed by atoms with Gasteiger partial charge in [-0.15, -0.1) is 0 Å². The predicted octanol–water partition coefficient (Wildman–Crippen LogP) is 8.09. The lowest BCUT2D eigenvalue weighted by molar-refractivity contribution is -0.0396. The summed E-state index contributed by atoms with van der Waals surface area (Å²) in [5.74, 6) is 0.258. The number of phenolic OH excluding ortho intramolecular Hbond substituents is 1. The highest BCUT2D eigenvalue weighted by atomic mass is 32.2. The minimum atomic E-state index is -3.27. The molecule has 2 saturated carbocycles. The maximum atomic E-state index is 12.9. The van der Waals surface area contributed by atoms with Crippen LogP contribution in [0.25, 0.3) is 0 Å². The van der Waals surface area contributed by atoms with Crippen LogP contribution in [0.2, 0.25) is 0 Å². The molecule has 0 amide bonds. The highest BCUT2D eigenvalue weighted by Crippen LogP contribution is 2.62. The van der Waals surface area contributed by atoms with E-state index in [2.05, 4.69) is 13.0 Å². The van der Waals surface area contributed by atoms with E-state index in [9.17, 15) is 27.6 Å². The third-order valence-electron chi connectivity index (χ3n) is 10.4. The first-order chi connectivity index (χ1) is 18.6.